The van der Waals surface area contributed by atoms with Crippen LogP contribution in [0.15, 0.2) is 24.3 Å². The van der Waals surface area contributed by atoms with Crippen molar-refractivity contribution in [3.63, 3.8) is 0 Å². The third-order valence-corrected chi connectivity index (χ3v) is 1.96. The second kappa shape index (κ2) is 6.40. The number of halogens is 1. The lowest BCUT2D eigenvalue weighted by atomic mass is 10.0. The van der Waals surface area contributed by atoms with Gasteiger partial charge in [-0.05, 0) is 11.6 Å². The zero-order valence-corrected chi connectivity index (χ0v) is 9.16. The molecule has 0 spiro atoms. The minimum Gasteiger partial charge on any atom is -0.465 e. The van der Waals surface area contributed by atoms with E-state index >= 15 is 0 Å². The molecule has 4 nitrogen and oxygen atoms in total. The molecule has 15 heavy (non-hydrogen) atoms. The molecule has 84 valence electrons. The third-order valence-electron chi connectivity index (χ3n) is 1.96. The first-order chi connectivity index (χ1) is 6.70. The average molecular weight is 232 g/mol. The van der Waals surface area contributed by atoms with Gasteiger partial charge < -0.3 is 15.6 Å². The van der Waals surface area contributed by atoms with Gasteiger partial charge in [-0.15, -0.1) is 12.4 Å². The zero-order chi connectivity index (χ0) is 10.6. The lowest BCUT2D eigenvalue weighted by Crippen LogP contribution is -2.18. The van der Waals surface area contributed by atoms with Crippen molar-refractivity contribution < 1.29 is 14.6 Å². The number of aliphatic hydroxyl groups excluding tert-OH is 1. The summed E-state index contributed by atoms with van der Waals surface area (Å²) in [6.45, 7) is -0.200. The summed E-state index contributed by atoms with van der Waals surface area (Å²) in [5.74, 6) is -0.440. The molecule has 1 aromatic carbocycles. The normalized spacial score (nSPS) is 11.4. The lowest BCUT2D eigenvalue weighted by Gasteiger charge is -2.12. The molecular formula is C10H14ClNO3. The summed E-state index contributed by atoms with van der Waals surface area (Å²) < 4.78 is 4.60. The molecular weight excluding hydrogens is 218 g/mol. The molecule has 0 fully saturated rings. The second-order valence-corrected chi connectivity index (χ2v) is 2.87. The van der Waals surface area contributed by atoms with Crippen molar-refractivity contribution in [3.05, 3.63) is 35.4 Å². The van der Waals surface area contributed by atoms with E-state index in [2.05, 4.69) is 4.74 Å². The van der Waals surface area contributed by atoms with Crippen molar-refractivity contribution in [2.75, 3.05) is 13.7 Å². The fraction of sp³-hybridized carbons (Fsp3) is 0.300. The van der Waals surface area contributed by atoms with Crippen LogP contribution in [-0.2, 0) is 4.74 Å². The van der Waals surface area contributed by atoms with E-state index in [4.69, 9.17) is 10.8 Å². The van der Waals surface area contributed by atoms with Gasteiger partial charge in [0.15, 0.2) is 0 Å². The Kier molecular flexibility index (Phi) is 5.93. The van der Waals surface area contributed by atoms with Crippen LogP contribution in [0.3, 0.4) is 0 Å². The Balaban J connectivity index is 0.00000196. The minimum absolute atomic E-state index is 0. The summed E-state index contributed by atoms with van der Waals surface area (Å²) >= 11 is 0. The van der Waals surface area contributed by atoms with Gasteiger partial charge in [0.25, 0.3) is 0 Å². The van der Waals surface area contributed by atoms with Crippen molar-refractivity contribution in [2.45, 2.75) is 6.04 Å². The van der Waals surface area contributed by atoms with E-state index in [0.29, 0.717) is 11.1 Å². The van der Waals surface area contributed by atoms with Crippen molar-refractivity contribution in [3.8, 4) is 0 Å². The minimum atomic E-state index is -0.551. The van der Waals surface area contributed by atoms with E-state index in [-0.39, 0.29) is 19.0 Å². The summed E-state index contributed by atoms with van der Waals surface area (Å²) in [6.07, 6.45) is 0. The maximum Gasteiger partial charge on any atom is 0.338 e. The Labute approximate surface area is 94.5 Å². The molecule has 1 aromatic rings. The molecule has 1 rings (SSSR count). The number of esters is 1. The number of rotatable bonds is 3. The van der Waals surface area contributed by atoms with E-state index in [1.54, 1.807) is 24.3 Å². The van der Waals surface area contributed by atoms with E-state index in [1.165, 1.54) is 7.11 Å². The van der Waals surface area contributed by atoms with Gasteiger partial charge in [0.2, 0.25) is 0 Å². The van der Waals surface area contributed by atoms with E-state index in [0.717, 1.165) is 0 Å². The van der Waals surface area contributed by atoms with Crippen molar-refractivity contribution in [1.82, 2.24) is 0 Å². The van der Waals surface area contributed by atoms with Gasteiger partial charge in [0.1, 0.15) is 0 Å². The number of aliphatic hydroxyl groups is 1. The maximum atomic E-state index is 11.3. The predicted octanol–water partition coefficient (Wildman–Crippen LogP) is 0.887. The smallest absolute Gasteiger partial charge is 0.338 e. The van der Waals surface area contributed by atoms with E-state index < -0.39 is 12.0 Å². The highest BCUT2D eigenvalue weighted by molar-refractivity contribution is 5.91. The molecule has 0 aliphatic heterocycles. The SMILES string of the molecule is COC(=O)c1ccccc1[C@@H](N)CO.Cl. The molecule has 5 heteroatoms. The Morgan fingerprint density at radius 1 is 1.53 bits per heavy atom. The quantitative estimate of drug-likeness (QED) is 0.758. The number of hydrogen-bond donors (Lipinski definition) is 2. The zero-order valence-electron chi connectivity index (χ0n) is 8.34. The summed E-state index contributed by atoms with van der Waals surface area (Å²) in [5.41, 5.74) is 6.63. The molecule has 0 saturated carbocycles. The van der Waals surface area contributed by atoms with Gasteiger partial charge in [-0.1, -0.05) is 18.2 Å². The van der Waals surface area contributed by atoms with Gasteiger partial charge in [-0.2, -0.15) is 0 Å². The van der Waals surface area contributed by atoms with Crippen molar-refractivity contribution >= 4 is 18.4 Å². The number of hydrogen-bond acceptors (Lipinski definition) is 4. The lowest BCUT2D eigenvalue weighted by molar-refractivity contribution is 0.0598. The first kappa shape index (κ1) is 13.9. The van der Waals surface area contributed by atoms with Gasteiger partial charge in [-0.3, -0.25) is 0 Å². The van der Waals surface area contributed by atoms with Crippen LogP contribution < -0.4 is 5.73 Å². The molecule has 1 atom stereocenters. The van der Waals surface area contributed by atoms with Crippen LogP contribution in [0, 0.1) is 0 Å². The second-order valence-electron chi connectivity index (χ2n) is 2.87. The largest absolute Gasteiger partial charge is 0.465 e. The first-order valence-electron chi connectivity index (χ1n) is 4.24. The number of nitrogens with two attached hydrogens (primary N) is 1. The maximum absolute atomic E-state index is 11.3. The average Bonchev–Trinajstić information content (AvgIpc) is 2.27. The number of carbonyl (C=O) groups is 1. The highest BCUT2D eigenvalue weighted by atomic mass is 35.5. The molecule has 0 unspecified atom stereocenters. The fourth-order valence-electron chi connectivity index (χ4n) is 1.21. The Morgan fingerprint density at radius 2 is 2.13 bits per heavy atom. The highest BCUT2D eigenvalue weighted by Crippen LogP contribution is 2.16. The van der Waals surface area contributed by atoms with Gasteiger partial charge in [0, 0.05) is 0 Å². The van der Waals surface area contributed by atoms with Gasteiger partial charge in [-0.25, -0.2) is 4.79 Å². The van der Waals surface area contributed by atoms with Gasteiger partial charge in [0.05, 0.1) is 25.3 Å². The number of benzene rings is 1. The van der Waals surface area contributed by atoms with E-state index in [1.807, 2.05) is 0 Å². The standard InChI is InChI=1S/C10H13NO3.ClH/c1-14-10(13)8-5-3-2-4-7(8)9(11)6-12;/h2-5,9,12H,6,11H2,1H3;1H/t9-;/m0./s1. The van der Waals surface area contributed by atoms with Crippen LogP contribution in [0.1, 0.15) is 22.0 Å². The molecule has 0 radical (unpaired) electrons. The Bertz CT molecular complexity index is 330. The van der Waals surface area contributed by atoms with Crippen LogP contribution in [0.4, 0.5) is 0 Å². The molecule has 0 aliphatic carbocycles. The molecule has 3 N–H and O–H groups in total. The molecule has 0 heterocycles. The number of carbonyl (C=O) groups excluding carboxylic acids is 1. The van der Waals surface area contributed by atoms with Gasteiger partial charge >= 0.3 is 5.97 Å². The predicted molar refractivity (Wildman–Crippen MR) is 59.0 cm³/mol. The van der Waals surface area contributed by atoms with Crippen LogP contribution >= 0.6 is 12.4 Å². The fourth-order valence-corrected chi connectivity index (χ4v) is 1.21. The van der Waals surface area contributed by atoms with Crippen LogP contribution in [0.25, 0.3) is 0 Å². The third kappa shape index (κ3) is 3.20. The summed E-state index contributed by atoms with van der Waals surface area (Å²) in [5, 5.41) is 8.89. The highest BCUT2D eigenvalue weighted by Gasteiger charge is 2.15. The number of ether oxygens (including phenoxy) is 1. The Morgan fingerprint density at radius 3 is 2.67 bits per heavy atom. The summed E-state index contributed by atoms with van der Waals surface area (Å²) in [4.78, 5) is 11.3. The van der Waals surface area contributed by atoms with Crippen molar-refractivity contribution in [1.29, 1.82) is 0 Å². The molecule has 0 amide bonds. The molecule has 0 aromatic heterocycles. The molecule has 0 saturated heterocycles. The first-order valence-corrected chi connectivity index (χ1v) is 4.24. The monoisotopic (exact) mass is 231 g/mol. The van der Waals surface area contributed by atoms with Crippen LogP contribution in [0.2, 0.25) is 0 Å². The Hall–Kier alpha value is -1.10. The summed E-state index contributed by atoms with van der Waals surface area (Å²) in [6, 6.07) is 6.26. The number of methoxy groups -OCH3 is 1. The summed E-state index contributed by atoms with van der Waals surface area (Å²) in [7, 11) is 1.31. The van der Waals surface area contributed by atoms with Crippen LogP contribution in [-0.4, -0.2) is 24.8 Å². The molecule has 0 aliphatic rings. The topological polar surface area (TPSA) is 72.5 Å². The van der Waals surface area contributed by atoms with E-state index in [9.17, 15) is 4.79 Å². The molecule has 0 bridgehead atoms. The van der Waals surface area contributed by atoms with Crippen molar-refractivity contribution in [2.24, 2.45) is 5.73 Å². The van der Waals surface area contributed by atoms with Crippen LogP contribution in [0.5, 0.6) is 0 Å².